The Kier molecular flexibility index (Phi) is 14.1. The van der Waals surface area contributed by atoms with E-state index >= 15 is 0 Å². The number of hydrogen-bond donors (Lipinski definition) is 1. The number of rotatable bonds is 7. The highest BCUT2D eigenvalue weighted by molar-refractivity contribution is 7.85. The monoisotopic (exact) mass is 254 g/mol. The second-order valence-electron chi connectivity index (χ2n) is 2.87. The van der Waals surface area contributed by atoms with Crippen LogP contribution < -0.4 is 0 Å². The lowest BCUT2D eigenvalue weighted by Crippen LogP contribution is -2.20. The number of ether oxygens (including phenoxy) is 2. The lowest BCUT2D eigenvalue weighted by atomic mass is 10.5. The van der Waals surface area contributed by atoms with E-state index in [0.29, 0.717) is 0 Å². The Labute approximate surface area is 99.6 Å². The lowest BCUT2D eigenvalue weighted by Gasteiger charge is -1.99. The van der Waals surface area contributed by atoms with E-state index < -0.39 is 22.0 Å². The van der Waals surface area contributed by atoms with Gasteiger partial charge in [-0.15, -0.1) is 0 Å². The molecule has 2 unspecified atom stereocenters. The molecule has 0 aliphatic carbocycles. The van der Waals surface area contributed by atoms with E-state index in [1.54, 1.807) is 0 Å². The molecule has 1 N–H and O–H groups in total. The number of carbonyl (C=O) groups is 1. The van der Waals surface area contributed by atoms with Crippen LogP contribution in [-0.4, -0.2) is 53.2 Å². The molecule has 0 aliphatic heterocycles. The summed E-state index contributed by atoms with van der Waals surface area (Å²) in [5, 5.41) is 7.42. The summed E-state index contributed by atoms with van der Waals surface area (Å²) in [5.41, 5.74) is 0. The minimum atomic E-state index is -1.24. The molecule has 98 valence electrons. The third-order valence-corrected chi connectivity index (χ3v) is 2.82. The van der Waals surface area contributed by atoms with Crippen LogP contribution in [0.4, 0.5) is 0 Å². The summed E-state index contributed by atoms with van der Waals surface area (Å²) in [6, 6.07) is 0. The minimum absolute atomic E-state index is 0.727. The molecule has 2 atom stereocenters. The maximum absolute atomic E-state index is 10.3. The summed E-state index contributed by atoms with van der Waals surface area (Å²) < 4.78 is 20.3. The SMILES string of the molecule is CC(C(=O)O)S(C)=O.CCOCCOCC. The first kappa shape index (κ1) is 17.9. The third kappa shape index (κ3) is 13.5. The van der Waals surface area contributed by atoms with Crippen molar-refractivity contribution in [3.63, 3.8) is 0 Å². The molecule has 0 bridgehead atoms. The molecule has 5 nitrogen and oxygen atoms in total. The van der Waals surface area contributed by atoms with Crippen LogP contribution in [0.15, 0.2) is 0 Å². The number of carboxylic acid groups (broad SMARTS) is 1. The number of carboxylic acids is 1. The van der Waals surface area contributed by atoms with Gasteiger partial charge in [-0.2, -0.15) is 0 Å². The fourth-order valence-electron chi connectivity index (χ4n) is 0.549. The maximum atomic E-state index is 10.3. The fraction of sp³-hybridized carbons (Fsp3) is 0.900. The Morgan fingerprint density at radius 1 is 1.25 bits per heavy atom. The number of aliphatic carboxylic acids is 1. The molecule has 0 aromatic carbocycles. The lowest BCUT2D eigenvalue weighted by molar-refractivity contribution is -0.136. The average Bonchev–Trinajstić information content (AvgIpc) is 2.24. The van der Waals surface area contributed by atoms with Gasteiger partial charge < -0.3 is 14.6 Å². The molecule has 16 heavy (non-hydrogen) atoms. The van der Waals surface area contributed by atoms with E-state index in [1.807, 2.05) is 13.8 Å². The molecule has 0 rings (SSSR count). The van der Waals surface area contributed by atoms with Gasteiger partial charge in [-0.3, -0.25) is 9.00 Å². The van der Waals surface area contributed by atoms with Crippen LogP contribution in [0.25, 0.3) is 0 Å². The zero-order valence-corrected chi connectivity index (χ0v) is 11.2. The van der Waals surface area contributed by atoms with Gasteiger partial charge in [-0.05, 0) is 20.8 Å². The van der Waals surface area contributed by atoms with Crippen molar-refractivity contribution in [2.24, 2.45) is 0 Å². The Hall–Kier alpha value is -0.460. The van der Waals surface area contributed by atoms with Crippen LogP contribution in [0.2, 0.25) is 0 Å². The Morgan fingerprint density at radius 2 is 1.62 bits per heavy atom. The van der Waals surface area contributed by atoms with Gasteiger partial charge >= 0.3 is 5.97 Å². The molecule has 6 heteroatoms. The van der Waals surface area contributed by atoms with Crippen molar-refractivity contribution < 1.29 is 23.6 Å². The van der Waals surface area contributed by atoms with Crippen LogP contribution in [0.3, 0.4) is 0 Å². The summed E-state index contributed by atoms with van der Waals surface area (Å²) in [7, 11) is -1.24. The molecule has 0 saturated heterocycles. The van der Waals surface area contributed by atoms with Crippen molar-refractivity contribution in [1.82, 2.24) is 0 Å². The first-order valence-electron chi connectivity index (χ1n) is 5.17. The molecule has 0 amide bonds. The minimum Gasteiger partial charge on any atom is -0.480 e. The van der Waals surface area contributed by atoms with E-state index in [1.165, 1.54) is 13.2 Å². The van der Waals surface area contributed by atoms with Gasteiger partial charge in [-0.25, -0.2) is 0 Å². The molecule has 0 aliphatic rings. The van der Waals surface area contributed by atoms with Gasteiger partial charge in [0.1, 0.15) is 5.25 Å². The van der Waals surface area contributed by atoms with Gasteiger partial charge in [0.15, 0.2) is 0 Å². The predicted octanol–water partition coefficient (Wildman–Crippen LogP) is 0.897. The molecule has 0 aromatic heterocycles. The quantitative estimate of drug-likeness (QED) is 0.683. The highest BCUT2D eigenvalue weighted by atomic mass is 32.2. The second-order valence-corrected chi connectivity index (χ2v) is 4.58. The predicted molar refractivity (Wildman–Crippen MR) is 64.2 cm³/mol. The number of hydrogen-bond acceptors (Lipinski definition) is 4. The Balaban J connectivity index is 0. The van der Waals surface area contributed by atoms with Gasteiger partial charge in [0.2, 0.25) is 0 Å². The standard InChI is InChI=1S/C6H14O2.C4H8O3S/c1-3-7-5-6-8-4-2;1-3(4(5)6)8(2)7/h3-6H2,1-2H3;3H,1-2H3,(H,5,6). The smallest absolute Gasteiger partial charge is 0.318 e. The van der Waals surface area contributed by atoms with Crippen molar-refractivity contribution in [1.29, 1.82) is 0 Å². The van der Waals surface area contributed by atoms with E-state index in [9.17, 15) is 9.00 Å². The summed E-state index contributed by atoms with van der Waals surface area (Å²) in [6.45, 7) is 8.39. The molecule has 0 fully saturated rings. The summed E-state index contributed by atoms with van der Waals surface area (Å²) in [5.74, 6) is -1.01. The molecule has 0 heterocycles. The van der Waals surface area contributed by atoms with Crippen LogP contribution in [0.1, 0.15) is 20.8 Å². The van der Waals surface area contributed by atoms with Crippen LogP contribution >= 0.6 is 0 Å². The zero-order chi connectivity index (χ0) is 13.0. The van der Waals surface area contributed by atoms with Crippen molar-refractivity contribution in [3.05, 3.63) is 0 Å². The maximum Gasteiger partial charge on any atom is 0.318 e. The van der Waals surface area contributed by atoms with Gasteiger partial charge in [0.25, 0.3) is 0 Å². The molecule has 0 saturated carbocycles. The molecule has 0 aromatic rings. The van der Waals surface area contributed by atoms with Crippen LogP contribution in [0, 0.1) is 0 Å². The van der Waals surface area contributed by atoms with E-state index in [4.69, 9.17) is 14.6 Å². The molecule has 0 spiro atoms. The van der Waals surface area contributed by atoms with Crippen molar-refractivity contribution >= 4 is 16.8 Å². The van der Waals surface area contributed by atoms with Crippen LogP contribution in [-0.2, 0) is 25.1 Å². The van der Waals surface area contributed by atoms with Crippen molar-refractivity contribution in [3.8, 4) is 0 Å². The first-order valence-corrected chi connectivity index (χ1v) is 6.79. The normalized spacial score (nSPS) is 13.5. The van der Waals surface area contributed by atoms with E-state index in [0.717, 1.165) is 26.4 Å². The second kappa shape index (κ2) is 12.6. The largest absolute Gasteiger partial charge is 0.480 e. The van der Waals surface area contributed by atoms with E-state index in [2.05, 4.69) is 0 Å². The zero-order valence-electron chi connectivity index (χ0n) is 10.4. The molecular weight excluding hydrogens is 232 g/mol. The third-order valence-electron chi connectivity index (χ3n) is 1.63. The topological polar surface area (TPSA) is 72.8 Å². The van der Waals surface area contributed by atoms with Crippen LogP contribution in [0.5, 0.6) is 0 Å². The van der Waals surface area contributed by atoms with Gasteiger partial charge in [0.05, 0.1) is 13.2 Å². The summed E-state index contributed by atoms with van der Waals surface area (Å²) in [4.78, 5) is 9.95. The average molecular weight is 254 g/mol. The highest BCUT2D eigenvalue weighted by Gasteiger charge is 2.13. The Morgan fingerprint density at radius 3 is 1.75 bits per heavy atom. The van der Waals surface area contributed by atoms with E-state index in [-0.39, 0.29) is 0 Å². The highest BCUT2D eigenvalue weighted by Crippen LogP contribution is 1.89. The molecule has 0 radical (unpaired) electrons. The van der Waals surface area contributed by atoms with Gasteiger partial charge in [0, 0.05) is 30.3 Å². The summed E-state index contributed by atoms with van der Waals surface area (Å²) in [6.07, 6.45) is 1.37. The first-order chi connectivity index (χ1) is 7.47. The molecular formula is C10H22O5S. The Bertz CT molecular complexity index is 176. The van der Waals surface area contributed by atoms with Crippen molar-refractivity contribution in [2.45, 2.75) is 26.0 Å². The fourth-order valence-corrected chi connectivity index (χ4v) is 0.832. The van der Waals surface area contributed by atoms with Crippen molar-refractivity contribution in [2.75, 3.05) is 32.7 Å². The summed E-state index contributed by atoms with van der Waals surface area (Å²) >= 11 is 0. The van der Waals surface area contributed by atoms with Gasteiger partial charge in [-0.1, -0.05) is 0 Å².